The molecule has 2 aromatic carbocycles. The van der Waals surface area contributed by atoms with E-state index < -0.39 is 0 Å². The van der Waals surface area contributed by atoms with Crippen LogP contribution < -0.4 is 4.57 Å². The van der Waals surface area contributed by atoms with Crippen molar-refractivity contribution in [1.82, 2.24) is 9.38 Å². The van der Waals surface area contributed by atoms with Crippen LogP contribution >= 0.6 is 0 Å². The minimum Gasteiger partial charge on any atom is -0.292 e. The lowest BCUT2D eigenvalue weighted by Crippen LogP contribution is -2.29. The molecule has 0 spiro atoms. The van der Waals surface area contributed by atoms with Crippen LogP contribution in [-0.2, 0) is 7.05 Å². The van der Waals surface area contributed by atoms with Gasteiger partial charge in [-0.05, 0) is 78.9 Å². The topological polar surface area (TPSA) is 21.2 Å². The number of rotatable bonds is 1. The second-order valence-electron chi connectivity index (χ2n) is 9.91. The highest BCUT2D eigenvalue weighted by Gasteiger charge is 2.26. The second kappa shape index (κ2) is 6.41. The first-order valence-electron chi connectivity index (χ1n) is 12.0. The minimum atomic E-state index is 0.674. The molecular weight excluding hydrogens is 390 g/mol. The zero-order valence-electron chi connectivity index (χ0n) is 19.1. The van der Waals surface area contributed by atoms with Gasteiger partial charge in [0.25, 0.3) is 0 Å². The Morgan fingerprint density at radius 2 is 1.81 bits per heavy atom. The monoisotopic (exact) mass is 418 g/mol. The smallest absolute Gasteiger partial charge is 0.224 e. The number of fused-ring (bicyclic) bond motifs is 5. The Morgan fingerprint density at radius 1 is 0.969 bits per heavy atom. The van der Waals surface area contributed by atoms with E-state index in [1.807, 2.05) is 6.20 Å². The van der Waals surface area contributed by atoms with Gasteiger partial charge in [-0.1, -0.05) is 25.3 Å². The van der Waals surface area contributed by atoms with Crippen LogP contribution in [0.4, 0.5) is 0 Å². The van der Waals surface area contributed by atoms with Gasteiger partial charge >= 0.3 is 0 Å². The highest BCUT2D eigenvalue weighted by Crippen LogP contribution is 2.43. The SMILES string of the molecule is Cc1cc2c3cccnc3n3c4cc(C5CCCCC5)cc5cc[n+](C)c(c(c1C)c23)c54. The van der Waals surface area contributed by atoms with E-state index in [0.717, 1.165) is 5.65 Å². The van der Waals surface area contributed by atoms with E-state index >= 15 is 0 Å². The quantitative estimate of drug-likeness (QED) is 0.162. The molecule has 0 saturated heterocycles. The summed E-state index contributed by atoms with van der Waals surface area (Å²) in [5.74, 6) is 0.674. The summed E-state index contributed by atoms with van der Waals surface area (Å²) in [5.41, 5.74) is 9.26. The molecule has 4 heterocycles. The first kappa shape index (κ1) is 18.4. The van der Waals surface area contributed by atoms with Crippen LogP contribution in [0.3, 0.4) is 0 Å². The molecule has 6 aromatic rings. The van der Waals surface area contributed by atoms with Crippen molar-refractivity contribution in [3.05, 3.63) is 65.5 Å². The highest BCUT2D eigenvalue weighted by molar-refractivity contribution is 6.25. The lowest BCUT2D eigenvalue weighted by molar-refractivity contribution is -0.643. The number of hydrogen-bond donors (Lipinski definition) is 0. The molecule has 0 N–H and O–H groups in total. The number of nitrogens with zero attached hydrogens (tertiary/aromatic N) is 3. The second-order valence-corrected chi connectivity index (χ2v) is 9.91. The third-order valence-corrected chi connectivity index (χ3v) is 8.12. The maximum atomic E-state index is 4.90. The molecule has 1 fully saturated rings. The van der Waals surface area contributed by atoms with Crippen LogP contribution in [0.25, 0.3) is 49.1 Å². The predicted molar refractivity (Wildman–Crippen MR) is 133 cm³/mol. The zero-order valence-corrected chi connectivity index (χ0v) is 19.1. The average molecular weight is 419 g/mol. The summed E-state index contributed by atoms with van der Waals surface area (Å²) >= 11 is 0. The van der Waals surface area contributed by atoms with Crippen molar-refractivity contribution in [2.24, 2.45) is 7.05 Å². The van der Waals surface area contributed by atoms with Gasteiger partial charge in [0, 0.05) is 23.0 Å². The molecule has 32 heavy (non-hydrogen) atoms. The van der Waals surface area contributed by atoms with Gasteiger partial charge in [0.1, 0.15) is 12.7 Å². The van der Waals surface area contributed by atoms with E-state index in [2.05, 4.69) is 72.5 Å². The van der Waals surface area contributed by atoms with Crippen molar-refractivity contribution in [3.8, 4) is 0 Å². The largest absolute Gasteiger partial charge is 0.292 e. The van der Waals surface area contributed by atoms with Crippen molar-refractivity contribution in [2.45, 2.75) is 51.9 Å². The van der Waals surface area contributed by atoms with Crippen molar-refractivity contribution in [3.63, 3.8) is 0 Å². The van der Waals surface area contributed by atoms with Crippen molar-refractivity contribution in [1.29, 1.82) is 0 Å². The molecule has 0 aliphatic heterocycles. The van der Waals surface area contributed by atoms with Crippen LogP contribution in [0.5, 0.6) is 0 Å². The lowest BCUT2D eigenvalue weighted by atomic mass is 9.83. The molecule has 7 rings (SSSR count). The van der Waals surface area contributed by atoms with Crippen molar-refractivity contribution < 1.29 is 4.57 Å². The normalized spacial score (nSPS) is 15.8. The van der Waals surface area contributed by atoms with Crippen LogP contribution in [0, 0.1) is 13.8 Å². The molecule has 0 atom stereocenters. The van der Waals surface area contributed by atoms with Crippen molar-refractivity contribution >= 4 is 49.1 Å². The molecule has 3 nitrogen and oxygen atoms in total. The Kier molecular flexibility index (Phi) is 3.68. The third-order valence-electron chi connectivity index (χ3n) is 8.12. The van der Waals surface area contributed by atoms with Crippen LogP contribution in [0.2, 0.25) is 0 Å². The van der Waals surface area contributed by atoms with E-state index in [1.54, 1.807) is 0 Å². The predicted octanol–water partition coefficient (Wildman–Crippen LogP) is 6.87. The molecule has 0 bridgehead atoms. The molecular formula is C29H28N3+. The lowest BCUT2D eigenvalue weighted by Gasteiger charge is -2.23. The summed E-state index contributed by atoms with van der Waals surface area (Å²) in [4.78, 5) is 4.90. The Bertz CT molecular complexity index is 1680. The van der Waals surface area contributed by atoms with Crippen LogP contribution in [0.1, 0.15) is 54.7 Å². The number of aromatic nitrogens is 3. The van der Waals surface area contributed by atoms with Gasteiger partial charge in [0.05, 0.1) is 21.8 Å². The summed E-state index contributed by atoms with van der Waals surface area (Å²) in [6, 6.07) is 13.9. The van der Waals surface area contributed by atoms with E-state index in [4.69, 9.17) is 4.98 Å². The summed E-state index contributed by atoms with van der Waals surface area (Å²) in [6.07, 6.45) is 10.9. The van der Waals surface area contributed by atoms with E-state index in [9.17, 15) is 0 Å². The Hall–Kier alpha value is -3.20. The van der Waals surface area contributed by atoms with E-state index in [1.165, 1.54) is 92.3 Å². The number of hydrogen-bond acceptors (Lipinski definition) is 1. The van der Waals surface area contributed by atoms with Gasteiger partial charge in [-0.25, -0.2) is 9.55 Å². The third kappa shape index (κ3) is 2.26. The molecule has 3 heteroatoms. The first-order valence-corrected chi connectivity index (χ1v) is 12.0. The Balaban J connectivity index is 1.79. The zero-order chi connectivity index (χ0) is 21.6. The molecule has 1 aliphatic rings. The summed E-state index contributed by atoms with van der Waals surface area (Å²) in [6.45, 7) is 4.52. The van der Waals surface area contributed by atoms with Gasteiger partial charge in [-0.3, -0.25) is 4.40 Å². The maximum Gasteiger partial charge on any atom is 0.224 e. The molecule has 0 radical (unpaired) electrons. The molecule has 0 unspecified atom stereocenters. The summed E-state index contributed by atoms with van der Waals surface area (Å²) in [7, 11) is 2.19. The summed E-state index contributed by atoms with van der Waals surface area (Å²) < 4.78 is 4.79. The molecule has 158 valence electrons. The molecule has 0 amide bonds. The number of benzene rings is 2. The standard InChI is InChI=1S/C29H28N3/c1-17-14-23-22-10-7-12-30-29(22)32-24-16-21(19-8-5-4-6-9-19)15-20-11-13-31(3)28(26(20)24)25(18(17)2)27(23)32/h7,10-16,19H,4-6,8-9H2,1-3H3/q+1. The highest BCUT2D eigenvalue weighted by atomic mass is 15.0. The average Bonchev–Trinajstić information content (AvgIpc) is 3.15. The minimum absolute atomic E-state index is 0.674. The van der Waals surface area contributed by atoms with Gasteiger partial charge in [0.2, 0.25) is 5.52 Å². The van der Waals surface area contributed by atoms with E-state index in [0.29, 0.717) is 5.92 Å². The first-order chi connectivity index (χ1) is 15.6. The summed E-state index contributed by atoms with van der Waals surface area (Å²) in [5, 5.41) is 6.65. The van der Waals surface area contributed by atoms with Gasteiger partial charge < -0.3 is 0 Å². The molecule has 1 aliphatic carbocycles. The molecule has 1 saturated carbocycles. The van der Waals surface area contributed by atoms with Gasteiger partial charge in [-0.2, -0.15) is 0 Å². The fraction of sp³-hybridized carbons (Fsp3) is 0.310. The Morgan fingerprint density at radius 3 is 2.66 bits per heavy atom. The Labute approximate surface area is 187 Å². The van der Waals surface area contributed by atoms with Crippen LogP contribution in [-0.4, -0.2) is 9.38 Å². The number of pyridine rings is 3. The maximum absolute atomic E-state index is 4.90. The van der Waals surface area contributed by atoms with Crippen LogP contribution in [0.15, 0.2) is 48.8 Å². The van der Waals surface area contributed by atoms with E-state index in [-0.39, 0.29) is 0 Å². The number of aryl methyl sites for hydroxylation is 3. The fourth-order valence-electron chi connectivity index (χ4n) is 6.41. The van der Waals surface area contributed by atoms with Gasteiger partial charge in [0.15, 0.2) is 6.20 Å². The van der Waals surface area contributed by atoms with Gasteiger partial charge in [-0.15, -0.1) is 0 Å². The fourth-order valence-corrected chi connectivity index (χ4v) is 6.41. The molecule has 4 aromatic heterocycles. The van der Waals surface area contributed by atoms with Crippen molar-refractivity contribution in [2.75, 3.05) is 0 Å².